The molecule has 0 spiro atoms. The number of carboxylic acid groups (broad SMARTS) is 1. The van der Waals surface area contributed by atoms with Gasteiger partial charge in [0.25, 0.3) is 0 Å². The monoisotopic (exact) mass is 466 g/mol. The molecular weight excluding hydrogens is 432 g/mol. The molecule has 7 nitrogen and oxygen atoms in total. The minimum Gasteiger partial charge on any atom is -0.481 e. The lowest BCUT2D eigenvalue weighted by Crippen LogP contribution is -2.41. The molecule has 182 valence electrons. The number of amides is 2. The zero-order valence-electron chi connectivity index (χ0n) is 20.1. The number of carbonyl (C=O) groups is 3. The lowest BCUT2D eigenvalue weighted by Gasteiger charge is -2.26. The van der Waals surface area contributed by atoms with Crippen molar-refractivity contribution in [1.82, 2.24) is 10.6 Å². The summed E-state index contributed by atoms with van der Waals surface area (Å²) in [5, 5.41) is 14.6. The molecular formula is C27H34N2O5. The molecule has 0 unspecified atom stereocenters. The van der Waals surface area contributed by atoms with Crippen LogP contribution < -0.4 is 10.6 Å². The number of hydrogen-bond acceptors (Lipinski definition) is 4. The van der Waals surface area contributed by atoms with E-state index < -0.39 is 17.5 Å². The van der Waals surface area contributed by atoms with Gasteiger partial charge in [0.15, 0.2) is 0 Å². The zero-order valence-corrected chi connectivity index (χ0v) is 20.1. The van der Waals surface area contributed by atoms with Crippen molar-refractivity contribution < 1.29 is 24.2 Å². The molecule has 1 aliphatic rings. The smallest absolute Gasteiger partial charge is 0.407 e. The molecule has 3 rings (SSSR count). The molecule has 7 heteroatoms. The third kappa shape index (κ3) is 6.59. The molecule has 0 radical (unpaired) electrons. The maximum Gasteiger partial charge on any atom is 0.407 e. The number of benzene rings is 2. The predicted octanol–water partition coefficient (Wildman–Crippen LogP) is 4.70. The van der Waals surface area contributed by atoms with E-state index >= 15 is 0 Å². The Morgan fingerprint density at radius 2 is 1.62 bits per heavy atom. The van der Waals surface area contributed by atoms with E-state index in [9.17, 15) is 14.4 Å². The van der Waals surface area contributed by atoms with Crippen molar-refractivity contribution in [1.29, 1.82) is 0 Å². The molecule has 34 heavy (non-hydrogen) atoms. The number of ether oxygens (including phenoxy) is 1. The largest absolute Gasteiger partial charge is 0.481 e. The minimum absolute atomic E-state index is 0.0123. The van der Waals surface area contributed by atoms with Crippen LogP contribution in [0.15, 0.2) is 48.5 Å². The fourth-order valence-corrected chi connectivity index (χ4v) is 4.52. The van der Waals surface area contributed by atoms with Gasteiger partial charge in [-0.25, -0.2) is 4.79 Å². The second kappa shape index (κ2) is 11.2. The van der Waals surface area contributed by atoms with Crippen LogP contribution in [0, 0.1) is 5.41 Å². The lowest BCUT2D eigenvalue weighted by molar-refractivity contribution is -0.137. The first-order valence-corrected chi connectivity index (χ1v) is 11.8. The number of nitrogens with one attached hydrogen (secondary N) is 2. The summed E-state index contributed by atoms with van der Waals surface area (Å²) in [4.78, 5) is 35.9. The summed E-state index contributed by atoms with van der Waals surface area (Å²) in [7, 11) is 0. The fraction of sp³-hybridized carbons (Fsp3) is 0.444. The Balaban J connectivity index is 1.50. The quantitative estimate of drug-likeness (QED) is 0.445. The SMILES string of the molecule is CCC[C@@H](CC(=O)O)NC(=O)CC(C)(C)CNC(=O)OCC1c2ccccc2-c2ccccc21. The van der Waals surface area contributed by atoms with Crippen molar-refractivity contribution in [2.24, 2.45) is 5.41 Å². The molecule has 1 aliphatic carbocycles. The molecule has 3 N–H and O–H groups in total. The number of carbonyl (C=O) groups excluding carboxylic acids is 2. The van der Waals surface area contributed by atoms with Crippen molar-refractivity contribution >= 4 is 18.0 Å². The fourth-order valence-electron chi connectivity index (χ4n) is 4.52. The van der Waals surface area contributed by atoms with E-state index in [1.807, 2.05) is 45.0 Å². The van der Waals surface area contributed by atoms with Crippen molar-refractivity contribution in [3.8, 4) is 11.1 Å². The number of rotatable bonds is 11. The highest BCUT2D eigenvalue weighted by Crippen LogP contribution is 2.44. The van der Waals surface area contributed by atoms with Gasteiger partial charge < -0.3 is 20.5 Å². The van der Waals surface area contributed by atoms with Gasteiger partial charge >= 0.3 is 12.1 Å². The molecule has 0 saturated carbocycles. The number of aliphatic carboxylic acids is 1. The highest BCUT2D eigenvalue weighted by atomic mass is 16.5. The van der Waals surface area contributed by atoms with Crippen LogP contribution in [0.25, 0.3) is 11.1 Å². The second-order valence-electron chi connectivity index (χ2n) is 9.67. The minimum atomic E-state index is -0.935. The maximum atomic E-state index is 12.5. The molecule has 0 fully saturated rings. The topological polar surface area (TPSA) is 105 Å². The highest BCUT2D eigenvalue weighted by molar-refractivity contribution is 5.79. The van der Waals surface area contributed by atoms with Crippen LogP contribution in [-0.4, -0.2) is 42.3 Å². The number of carboxylic acids is 1. The van der Waals surface area contributed by atoms with Gasteiger partial charge in [-0.2, -0.15) is 0 Å². The lowest BCUT2D eigenvalue weighted by atomic mass is 9.88. The van der Waals surface area contributed by atoms with Crippen LogP contribution in [0.1, 0.15) is 63.5 Å². The Morgan fingerprint density at radius 3 is 2.18 bits per heavy atom. The van der Waals surface area contributed by atoms with Crippen molar-refractivity contribution in [2.75, 3.05) is 13.2 Å². The van der Waals surface area contributed by atoms with E-state index in [2.05, 4.69) is 34.9 Å². The van der Waals surface area contributed by atoms with E-state index in [0.29, 0.717) is 6.42 Å². The van der Waals surface area contributed by atoms with Crippen molar-refractivity contribution in [2.45, 2.75) is 58.4 Å². The summed E-state index contributed by atoms with van der Waals surface area (Å²) in [5.74, 6) is -1.17. The molecule has 1 atom stereocenters. The number of fused-ring (bicyclic) bond motifs is 3. The van der Waals surface area contributed by atoms with E-state index in [0.717, 1.165) is 17.5 Å². The van der Waals surface area contributed by atoms with E-state index in [-0.39, 0.29) is 43.9 Å². The Labute approximate surface area is 200 Å². The van der Waals surface area contributed by atoms with Gasteiger partial charge in [-0.15, -0.1) is 0 Å². The summed E-state index contributed by atoms with van der Waals surface area (Å²) >= 11 is 0. The van der Waals surface area contributed by atoms with Crippen molar-refractivity contribution in [3.63, 3.8) is 0 Å². The zero-order chi connectivity index (χ0) is 24.7. The standard InChI is InChI=1S/C27H34N2O5/c1-4-9-18(14-25(31)32)29-24(30)15-27(2,3)17-28-26(33)34-16-23-21-12-7-5-10-19(21)20-11-6-8-13-22(20)23/h5-8,10-13,18,23H,4,9,14-17H2,1-3H3,(H,28,33)(H,29,30)(H,31,32)/t18-/m0/s1. The van der Waals surface area contributed by atoms with Crippen LogP contribution in [0.2, 0.25) is 0 Å². The summed E-state index contributed by atoms with van der Waals surface area (Å²) in [5.41, 5.74) is 4.12. The maximum absolute atomic E-state index is 12.5. The summed E-state index contributed by atoms with van der Waals surface area (Å²) in [6, 6.07) is 15.9. The molecule has 2 aromatic rings. The van der Waals surface area contributed by atoms with Gasteiger partial charge in [0, 0.05) is 24.9 Å². The molecule has 0 heterocycles. The highest BCUT2D eigenvalue weighted by Gasteiger charge is 2.29. The van der Waals surface area contributed by atoms with E-state index in [4.69, 9.17) is 9.84 Å². The third-order valence-electron chi connectivity index (χ3n) is 6.12. The summed E-state index contributed by atoms with van der Waals surface area (Å²) < 4.78 is 5.56. The van der Waals surface area contributed by atoms with Crippen LogP contribution in [0.3, 0.4) is 0 Å². The van der Waals surface area contributed by atoms with Crippen LogP contribution >= 0.6 is 0 Å². The van der Waals surface area contributed by atoms with E-state index in [1.54, 1.807) is 0 Å². The molecule has 2 amide bonds. The van der Waals surface area contributed by atoms with Gasteiger partial charge in [0.05, 0.1) is 6.42 Å². The average Bonchev–Trinajstić information content (AvgIpc) is 3.09. The van der Waals surface area contributed by atoms with Gasteiger partial charge in [-0.05, 0) is 34.1 Å². The van der Waals surface area contributed by atoms with Crippen molar-refractivity contribution in [3.05, 3.63) is 59.7 Å². The number of alkyl carbamates (subject to hydrolysis) is 1. The normalized spacial score (nSPS) is 13.5. The molecule has 0 bridgehead atoms. The van der Waals surface area contributed by atoms with Gasteiger partial charge in [-0.3, -0.25) is 9.59 Å². The molecule has 2 aromatic carbocycles. The summed E-state index contributed by atoms with van der Waals surface area (Å²) in [6.07, 6.45) is 0.931. The molecule has 0 aromatic heterocycles. The van der Waals surface area contributed by atoms with Crippen LogP contribution in [0.5, 0.6) is 0 Å². The Bertz CT molecular complexity index is 988. The first kappa shape index (κ1) is 25.3. The first-order chi connectivity index (χ1) is 16.2. The molecule has 0 saturated heterocycles. The predicted molar refractivity (Wildman–Crippen MR) is 131 cm³/mol. The molecule has 0 aliphatic heterocycles. The summed E-state index contributed by atoms with van der Waals surface area (Å²) in [6.45, 7) is 6.19. The van der Waals surface area contributed by atoms with Gasteiger partial charge in [-0.1, -0.05) is 75.7 Å². The van der Waals surface area contributed by atoms with Crippen LogP contribution in [-0.2, 0) is 14.3 Å². The Kier molecular flexibility index (Phi) is 8.31. The third-order valence-corrected chi connectivity index (χ3v) is 6.12. The Morgan fingerprint density at radius 1 is 1.03 bits per heavy atom. The van der Waals surface area contributed by atoms with E-state index in [1.165, 1.54) is 11.1 Å². The average molecular weight is 467 g/mol. The second-order valence-corrected chi connectivity index (χ2v) is 9.67. The van der Waals surface area contributed by atoms with Crippen LogP contribution in [0.4, 0.5) is 4.79 Å². The van der Waals surface area contributed by atoms with Gasteiger partial charge in [0.1, 0.15) is 6.61 Å². The Hall–Kier alpha value is -3.35. The van der Waals surface area contributed by atoms with Gasteiger partial charge in [0.2, 0.25) is 5.91 Å². The first-order valence-electron chi connectivity index (χ1n) is 11.8. The number of hydrogen-bond donors (Lipinski definition) is 3.